The summed E-state index contributed by atoms with van der Waals surface area (Å²) in [6, 6.07) is 5.69. The Morgan fingerprint density at radius 3 is 2.40 bits per heavy atom. The standard InChI is InChI=1S/C7H6FNO/c8-7-3-1-6(2-4-7)5-9-10/h1-4H,5H2. The molecule has 0 aromatic heterocycles. The van der Waals surface area contributed by atoms with Crippen molar-refractivity contribution in [2.45, 2.75) is 6.54 Å². The summed E-state index contributed by atoms with van der Waals surface area (Å²) in [5.41, 5.74) is 0.733. The van der Waals surface area contributed by atoms with Crippen LogP contribution in [0, 0.1) is 10.7 Å². The smallest absolute Gasteiger partial charge is 0.123 e. The third-order valence-corrected chi connectivity index (χ3v) is 1.16. The Kier molecular flexibility index (Phi) is 2.10. The highest BCUT2D eigenvalue weighted by molar-refractivity contribution is 5.15. The fourth-order valence-electron chi connectivity index (χ4n) is 0.664. The number of nitroso groups, excluding NO2 is 1. The molecule has 0 atom stereocenters. The fraction of sp³-hybridized carbons (Fsp3) is 0.143. The molecule has 0 aliphatic heterocycles. The highest BCUT2D eigenvalue weighted by Crippen LogP contribution is 2.02. The van der Waals surface area contributed by atoms with Crippen LogP contribution in [0.3, 0.4) is 0 Å². The lowest BCUT2D eigenvalue weighted by molar-refractivity contribution is 0.627. The Morgan fingerprint density at radius 1 is 1.30 bits per heavy atom. The largest absolute Gasteiger partial charge is 0.207 e. The van der Waals surface area contributed by atoms with Gasteiger partial charge in [0.25, 0.3) is 0 Å². The summed E-state index contributed by atoms with van der Waals surface area (Å²) in [6.45, 7) is 0.111. The lowest BCUT2D eigenvalue weighted by Crippen LogP contribution is -1.79. The van der Waals surface area contributed by atoms with Gasteiger partial charge in [-0.3, -0.25) is 0 Å². The van der Waals surface area contributed by atoms with Gasteiger partial charge in [-0.25, -0.2) is 4.39 Å². The number of benzene rings is 1. The maximum atomic E-state index is 12.2. The molecule has 3 heteroatoms. The molecular formula is C7H6FNO. The first-order valence-corrected chi connectivity index (χ1v) is 2.86. The minimum absolute atomic E-state index is 0.111. The van der Waals surface area contributed by atoms with Crippen LogP contribution in [-0.4, -0.2) is 0 Å². The molecule has 0 saturated carbocycles. The van der Waals surface area contributed by atoms with Crippen molar-refractivity contribution in [1.29, 1.82) is 0 Å². The van der Waals surface area contributed by atoms with Crippen LogP contribution in [-0.2, 0) is 6.54 Å². The van der Waals surface area contributed by atoms with Crippen molar-refractivity contribution < 1.29 is 4.39 Å². The van der Waals surface area contributed by atoms with E-state index >= 15 is 0 Å². The molecule has 0 fully saturated rings. The zero-order valence-corrected chi connectivity index (χ0v) is 5.25. The van der Waals surface area contributed by atoms with Crippen molar-refractivity contribution in [2.24, 2.45) is 5.18 Å². The van der Waals surface area contributed by atoms with E-state index in [1.165, 1.54) is 24.3 Å². The number of nitrogens with zero attached hydrogens (tertiary/aromatic N) is 1. The minimum atomic E-state index is -0.297. The number of hydrogen-bond acceptors (Lipinski definition) is 2. The van der Waals surface area contributed by atoms with Crippen LogP contribution >= 0.6 is 0 Å². The molecule has 52 valence electrons. The second kappa shape index (κ2) is 3.06. The van der Waals surface area contributed by atoms with E-state index in [-0.39, 0.29) is 12.4 Å². The van der Waals surface area contributed by atoms with Crippen molar-refractivity contribution in [1.82, 2.24) is 0 Å². The monoisotopic (exact) mass is 139 g/mol. The van der Waals surface area contributed by atoms with Gasteiger partial charge in [-0.15, -0.1) is 0 Å². The van der Waals surface area contributed by atoms with Crippen LogP contribution in [0.15, 0.2) is 29.4 Å². The van der Waals surface area contributed by atoms with Gasteiger partial charge in [0.1, 0.15) is 12.4 Å². The number of rotatable bonds is 2. The molecule has 0 heterocycles. The molecule has 0 bridgehead atoms. The van der Waals surface area contributed by atoms with Gasteiger partial charge >= 0.3 is 0 Å². The van der Waals surface area contributed by atoms with E-state index in [2.05, 4.69) is 5.18 Å². The van der Waals surface area contributed by atoms with Crippen molar-refractivity contribution in [3.05, 3.63) is 40.6 Å². The van der Waals surface area contributed by atoms with Crippen LogP contribution in [0.4, 0.5) is 4.39 Å². The molecule has 0 aliphatic rings. The quantitative estimate of drug-likeness (QED) is 0.577. The van der Waals surface area contributed by atoms with Crippen molar-refractivity contribution >= 4 is 0 Å². The van der Waals surface area contributed by atoms with E-state index in [0.29, 0.717) is 0 Å². The zero-order valence-electron chi connectivity index (χ0n) is 5.25. The molecular weight excluding hydrogens is 133 g/mol. The molecule has 0 radical (unpaired) electrons. The molecule has 2 nitrogen and oxygen atoms in total. The Hall–Kier alpha value is -1.25. The van der Waals surface area contributed by atoms with Crippen LogP contribution in [0.5, 0.6) is 0 Å². The van der Waals surface area contributed by atoms with Gasteiger partial charge in [0, 0.05) is 0 Å². The minimum Gasteiger partial charge on any atom is -0.207 e. The SMILES string of the molecule is O=NCc1ccc(F)cc1. The first-order chi connectivity index (χ1) is 4.83. The zero-order chi connectivity index (χ0) is 7.40. The van der Waals surface area contributed by atoms with Gasteiger partial charge in [0.05, 0.1) is 0 Å². The Labute approximate surface area is 57.7 Å². The number of hydrogen-bond donors (Lipinski definition) is 0. The van der Waals surface area contributed by atoms with Gasteiger partial charge in [-0.2, -0.15) is 4.91 Å². The van der Waals surface area contributed by atoms with Gasteiger partial charge in [0.15, 0.2) is 0 Å². The predicted octanol–water partition coefficient (Wildman–Crippen LogP) is 2.09. The van der Waals surface area contributed by atoms with Crippen molar-refractivity contribution in [3.8, 4) is 0 Å². The summed E-state index contributed by atoms with van der Waals surface area (Å²) in [5, 5.41) is 2.66. The average Bonchev–Trinajstić information content (AvgIpc) is 1.95. The molecule has 1 aromatic rings. The third kappa shape index (κ3) is 1.62. The fourth-order valence-corrected chi connectivity index (χ4v) is 0.664. The second-order valence-electron chi connectivity index (χ2n) is 1.91. The van der Waals surface area contributed by atoms with E-state index in [9.17, 15) is 9.30 Å². The van der Waals surface area contributed by atoms with Crippen LogP contribution in [0.1, 0.15) is 5.56 Å². The molecule has 0 saturated heterocycles. The predicted molar refractivity (Wildman–Crippen MR) is 35.9 cm³/mol. The lowest BCUT2D eigenvalue weighted by atomic mass is 10.2. The summed E-state index contributed by atoms with van der Waals surface area (Å²) in [7, 11) is 0. The Bertz CT molecular complexity index is 220. The maximum Gasteiger partial charge on any atom is 0.123 e. The summed E-state index contributed by atoms with van der Waals surface area (Å²) in [5.74, 6) is -0.297. The van der Waals surface area contributed by atoms with Gasteiger partial charge in [0.2, 0.25) is 0 Å². The van der Waals surface area contributed by atoms with E-state index in [4.69, 9.17) is 0 Å². The van der Waals surface area contributed by atoms with Gasteiger partial charge in [-0.05, 0) is 17.7 Å². The molecule has 0 amide bonds. The molecule has 0 N–H and O–H groups in total. The molecule has 10 heavy (non-hydrogen) atoms. The molecule has 0 spiro atoms. The Morgan fingerprint density at radius 2 is 1.90 bits per heavy atom. The van der Waals surface area contributed by atoms with Crippen LogP contribution < -0.4 is 0 Å². The second-order valence-corrected chi connectivity index (χ2v) is 1.91. The van der Waals surface area contributed by atoms with Gasteiger partial charge < -0.3 is 0 Å². The summed E-state index contributed by atoms with van der Waals surface area (Å²) < 4.78 is 12.2. The Balaban J connectivity index is 2.78. The molecule has 0 aliphatic carbocycles. The van der Waals surface area contributed by atoms with Crippen molar-refractivity contribution in [2.75, 3.05) is 0 Å². The summed E-state index contributed by atoms with van der Waals surface area (Å²) >= 11 is 0. The van der Waals surface area contributed by atoms with E-state index in [1.807, 2.05) is 0 Å². The van der Waals surface area contributed by atoms with Crippen molar-refractivity contribution in [3.63, 3.8) is 0 Å². The molecule has 1 aromatic carbocycles. The average molecular weight is 139 g/mol. The highest BCUT2D eigenvalue weighted by Gasteiger charge is 1.91. The first-order valence-electron chi connectivity index (χ1n) is 2.86. The molecule has 0 unspecified atom stereocenters. The highest BCUT2D eigenvalue weighted by atomic mass is 19.1. The van der Waals surface area contributed by atoms with E-state index in [1.54, 1.807) is 0 Å². The lowest BCUT2D eigenvalue weighted by Gasteiger charge is -1.91. The summed E-state index contributed by atoms with van der Waals surface area (Å²) in [6.07, 6.45) is 0. The topological polar surface area (TPSA) is 29.4 Å². The van der Waals surface area contributed by atoms with Crippen LogP contribution in [0.25, 0.3) is 0 Å². The van der Waals surface area contributed by atoms with Gasteiger partial charge in [-0.1, -0.05) is 17.3 Å². The normalized spacial score (nSPS) is 9.30. The molecule has 1 rings (SSSR count). The first kappa shape index (κ1) is 6.86. The van der Waals surface area contributed by atoms with E-state index in [0.717, 1.165) is 5.56 Å². The third-order valence-electron chi connectivity index (χ3n) is 1.16. The van der Waals surface area contributed by atoms with E-state index < -0.39 is 0 Å². The number of halogens is 1. The van der Waals surface area contributed by atoms with Crippen LogP contribution in [0.2, 0.25) is 0 Å². The maximum absolute atomic E-state index is 12.2. The summed E-state index contributed by atoms with van der Waals surface area (Å²) in [4.78, 5) is 9.72.